The van der Waals surface area contributed by atoms with Gasteiger partial charge in [-0.2, -0.15) is 0 Å². The molecule has 0 radical (unpaired) electrons. The topological polar surface area (TPSA) is 0 Å². The van der Waals surface area contributed by atoms with Gasteiger partial charge in [-0.1, -0.05) is 144 Å². The summed E-state index contributed by atoms with van der Waals surface area (Å²) in [6.45, 7) is 14.6. The Labute approximate surface area is 168 Å². The van der Waals surface area contributed by atoms with Gasteiger partial charge in [0, 0.05) is 0 Å². The fourth-order valence-corrected chi connectivity index (χ4v) is 4.16. The van der Waals surface area contributed by atoms with Gasteiger partial charge in [-0.15, -0.1) is 0 Å². The van der Waals surface area contributed by atoms with E-state index in [0.717, 1.165) is 23.7 Å². The first-order valence-corrected chi connectivity index (χ1v) is 12.5. The van der Waals surface area contributed by atoms with E-state index in [2.05, 4.69) is 41.5 Å². The summed E-state index contributed by atoms with van der Waals surface area (Å²) in [5.41, 5.74) is 0. The summed E-state index contributed by atoms with van der Waals surface area (Å²) in [4.78, 5) is 0. The fourth-order valence-electron chi connectivity index (χ4n) is 4.16. The Bertz CT molecular complexity index is 241. The van der Waals surface area contributed by atoms with Crippen LogP contribution in [-0.4, -0.2) is 0 Å². The van der Waals surface area contributed by atoms with E-state index >= 15 is 0 Å². The maximum absolute atomic E-state index is 2.51. The van der Waals surface area contributed by atoms with Crippen LogP contribution in [0, 0.1) is 23.7 Å². The lowest BCUT2D eigenvalue weighted by Gasteiger charge is -2.24. The van der Waals surface area contributed by atoms with Gasteiger partial charge >= 0.3 is 0 Å². The quantitative estimate of drug-likeness (QED) is 0.199. The molecule has 0 aromatic rings. The number of hydrogen-bond acceptors (Lipinski definition) is 0. The molecule has 0 saturated heterocycles. The SMILES string of the molecule is CCCCCCCCC(C)C(C)CCC(C)C(C)CCCCCCCC. The molecule has 0 aliphatic rings. The van der Waals surface area contributed by atoms with Crippen LogP contribution in [-0.2, 0) is 0 Å². The maximum Gasteiger partial charge on any atom is -0.0417 e. The van der Waals surface area contributed by atoms with Crippen LogP contribution in [0.1, 0.15) is 144 Å². The Morgan fingerprint density at radius 3 is 0.962 bits per heavy atom. The highest BCUT2D eigenvalue weighted by atomic mass is 14.2. The lowest BCUT2D eigenvalue weighted by molar-refractivity contribution is 0.269. The Morgan fingerprint density at radius 2 is 0.615 bits per heavy atom. The largest absolute Gasteiger partial charge is 0.0654 e. The first-order valence-electron chi connectivity index (χ1n) is 12.5. The summed E-state index contributed by atoms with van der Waals surface area (Å²) in [6, 6.07) is 0. The van der Waals surface area contributed by atoms with E-state index in [1.807, 2.05) is 0 Å². The van der Waals surface area contributed by atoms with Crippen molar-refractivity contribution in [1.29, 1.82) is 0 Å². The van der Waals surface area contributed by atoms with Crippen LogP contribution in [0.5, 0.6) is 0 Å². The summed E-state index contributed by atoms with van der Waals surface area (Å²) in [6.07, 6.45) is 23.0. The van der Waals surface area contributed by atoms with Crippen LogP contribution in [0.15, 0.2) is 0 Å². The van der Waals surface area contributed by atoms with Crippen LogP contribution in [0.2, 0.25) is 0 Å². The van der Waals surface area contributed by atoms with Crippen molar-refractivity contribution in [3.8, 4) is 0 Å². The average Bonchev–Trinajstić information content (AvgIpc) is 2.64. The molecule has 0 amide bonds. The Hall–Kier alpha value is 0. The van der Waals surface area contributed by atoms with Crippen molar-refractivity contribution in [1.82, 2.24) is 0 Å². The maximum atomic E-state index is 2.51. The van der Waals surface area contributed by atoms with Gasteiger partial charge in [0.1, 0.15) is 0 Å². The predicted molar refractivity (Wildman–Crippen MR) is 122 cm³/mol. The molecule has 0 fully saturated rings. The zero-order chi connectivity index (χ0) is 19.6. The third-order valence-corrected chi connectivity index (χ3v) is 7.05. The van der Waals surface area contributed by atoms with Crippen molar-refractivity contribution in [3.05, 3.63) is 0 Å². The first kappa shape index (κ1) is 26.0. The molecular formula is C26H54. The average molecular weight is 367 g/mol. The summed E-state index contributed by atoms with van der Waals surface area (Å²) in [5, 5.41) is 0. The molecule has 0 saturated carbocycles. The van der Waals surface area contributed by atoms with Crippen molar-refractivity contribution in [3.63, 3.8) is 0 Å². The standard InChI is InChI=1S/C26H54/c1-7-9-11-13-15-17-19-23(3)25(5)21-22-26(6)24(4)20-18-16-14-12-10-8-2/h23-26H,7-22H2,1-6H3. The van der Waals surface area contributed by atoms with Crippen molar-refractivity contribution >= 4 is 0 Å². The van der Waals surface area contributed by atoms with Crippen molar-refractivity contribution in [2.24, 2.45) is 23.7 Å². The second-order valence-electron chi connectivity index (χ2n) is 9.60. The monoisotopic (exact) mass is 366 g/mol. The van der Waals surface area contributed by atoms with Crippen molar-refractivity contribution in [2.75, 3.05) is 0 Å². The lowest BCUT2D eigenvalue weighted by atomic mass is 9.81. The smallest absolute Gasteiger partial charge is 0.0417 e. The summed E-state index contributed by atoms with van der Waals surface area (Å²) < 4.78 is 0. The molecule has 0 rings (SSSR count). The molecule has 26 heavy (non-hydrogen) atoms. The van der Waals surface area contributed by atoms with Gasteiger partial charge in [-0.25, -0.2) is 0 Å². The van der Waals surface area contributed by atoms with E-state index in [1.54, 1.807) is 0 Å². The zero-order valence-electron chi connectivity index (χ0n) is 19.6. The molecule has 0 aliphatic carbocycles. The lowest BCUT2D eigenvalue weighted by Crippen LogP contribution is -2.13. The molecule has 0 N–H and O–H groups in total. The van der Waals surface area contributed by atoms with Gasteiger partial charge in [-0.05, 0) is 23.7 Å². The Balaban J connectivity index is 3.69. The third-order valence-electron chi connectivity index (χ3n) is 7.05. The van der Waals surface area contributed by atoms with E-state index in [4.69, 9.17) is 0 Å². The number of unbranched alkanes of at least 4 members (excludes halogenated alkanes) is 10. The molecule has 4 atom stereocenters. The van der Waals surface area contributed by atoms with Crippen LogP contribution < -0.4 is 0 Å². The van der Waals surface area contributed by atoms with Gasteiger partial charge in [0.25, 0.3) is 0 Å². The summed E-state index contributed by atoms with van der Waals surface area (Å²) in [5.74, 6) is 3.66. The normalized spacial score (nSPS) is 16.4. The van der Waals surface area contributed by atoms with Crippen LogP contribution in [0.3, 0.4) is 0 Å². The second-order valence-corrected chi connectivity index (χ2v) is 9.60. The Kier molecular flexibility index (Phi) is 18.4. The molecule has 0 bridgehead atoms. The van der Waals surface area contributed by atoms with Crippen molar-refractivity contribution in [2.45, 2.75) is 144 Å². The molecule has 158 valence electrons. The number of rotatable bonds is 19. The highest BCUT2D eigenvalue weighted by molar-refractivity contribution is 4.68. The van der Waals surface area contributed by atoms with Crippen LogP contribution in [0.4, 0.5) is 0 Å². The van der Waals surface area contributed by atoms with Crippen LogP contribution >= 0.6 is 0 Å². The van der Waals surface area contributed by atoms with Gasteiger partial charge in [0.15, 0.2) is 0 Å². The summed E-state index contributed by atoms with van der Waals surface area (Å²) >= 11 is 0. The van der Waals surface area contributed by atoms with Crippen molar-refractivity contribution < 1.29 is 0 Å². The molecule has 0 aromatic heterocycles. The highest BCUT2D eigenvalue weighted by Gasteiger charge is 2.16. The molecular weight excluding hydrogens is 312 g/mol. The molecule has 0 nitrogen and oxygen atoms in total. The fraction of sp³-hybridized carbons (Fsp3) is 1.00. The minimum absolute atomic E-state index is 0.911. The molecule has 4 unspecified atom stereocenters. The van der Waals surface area contributed by atoms with Gasteiger partial charge in [0.05, 0.1) is 0 Å². The Morgan fingerprint density at radius 1 is 0.346 bits per heavy atom. The minimum atomic E-state index is 0.911. The van der Waals surface area contributed by atoms with E-state index in [1.165, 1.54) is 103 Å². The zero-order valence-corrected chi connectivity index (χ0v) is 19.6. The van der Waals surface area contributed by atoms with Gasteiger partial charge in [0.2, 0.25) is 0 Å². The molecule has 0 aliphatic heterocycles. The van der Waals surface area contributed by atoms with E-state index in [0.29, 0.717) is 0 Å². The van der Waals surface area contributed by atoms with E-state index in [9.17, 15) is 0 Å². The third kappa shape index (κ3) is 15.1. The molecule has 0 heterocycles. The second kappa shape index (κ2) is 18.4. The summed E-state index contributed by atoms with van der Waals surface area (Å²) in [7, 11) is 0. The molecule has 0 heteroatoms. The molecule has 0 aromatic carbocycles. The van der Waals surface area contributed by atoms with E-state index < -0.39 is 0 Å². The molecule has 0 spiro atoms. The van der Waals surface area contributed by atoms with E-state index in [-0.39, 0.29) is 0 Å². The predicted octanol–water partition coefficient (Wildman–Crippen LogP) is 9.81. The first-order chi connectivity index (χ1) is 12.5. The highest BCUT2D eigenvalue weighted by Crippen LogP contribution is 2.28. The minimum Gasteiger partial charge on any atom is -0.0654 e. The van der Waals surface area contributed by atoms with Gasteiger partial charge < -0.3 is 0 Å². The number of hydrogen-bond donors (Lipinski definition) is 0. The van der Waals surface area contributed by atoms with Crippen LogP contribution in [0.25, 0.3) is 0 Å². The van der Waals surface area contributed by atoms with Gasteiger partial charge in [-0.3, -0.25) is 0 Å².